The maximum atomic E-state index is 2.44. The second kappa shape index (κ2) is 8.40. The predicted molar refractivity (Wildman–Crippen MR) is 101 cm³/mol. The number of hydrogen-bond acceptors (Lipinski definition) is 0. The largest absolute Gasteiger partial charge is 1.00 e. The summed E-state index contributed by atoms with van der Waals surface area (Å²) in [6.45, 7) is 9.14. The molecule has 3 heteroatoms. The van der Waals surface area contributed by atoms with Crippen molar-refractivity contribution >= 4 is 9.38 Å². The van der Waals surface area contributed by atoms with Gasteiger partial charge in [-0.15, -0.1) is 0 Å². The Kier molecular flexibility index (Phi) is 6.91. The SMILES string of the molecule is C[C](C)=[Ti+2][CH]1c2cc(C)ccc2-c2ccc(C)c(C3=CC=CC3)c21.[Cl-].[Cl-]. The summed E-state index contributed by atoms with van der Waals surface area (Å²) in [5.41, 5.74) is 12.0. The van der Waals surface area contributed by atoms with Crippen molar-refractivity contribution in [3.63, 3.8) is 0 Å². The van der Waals surface area contributed by atoms with E-state index >= 15 is 0 Å². The summed E-state index contributed by atoms with van der Waals surface area (Å²) in [7, 11) is 0. The van der Waals surface area contributed by atoms with Crippen molar-refractivity contribution in [1.29, 1.82) is 0 Å². The molecule has 0 N–H and O–H groups in total. The number of aryl methyl sites for hydroxylation is 2. The molecule has 0 fully saturated rings. The molecule has 0 aliphatic heterocycles. The number of allylic oxidation sites excluding steroid dienone is 4. The second-order valence-electron chi connectivity index (χ2n) is 7.21. The van der Waals surface area contributed by atoms with Crippen LogP contribution in [0.2, 0.25) is 0 Å². The van der Waals surface area contributed by atoms with Crippen LogP contribution in [0.5, 0.6) is 0 Å². The molecule has 0 saturated carbocycles. The van der Waals surface area contributed by atoms with Crippen LogP contribution in [0.15, 0.2) is 48.6 Å². The summed E-state index contributed by atoms with van der Waals surface area (Å²) in [6, 6.07) is 11.7. The third-order valence-corrected chi connectivity index (χ3v) is 7.36. The van der Waals surface area contributed by atoms with Gasteiger partial charge in [0.25, 0.3) is 0 Å². The van der Waals surface area contributed by atoms with Gasteiger partial charge in [-0.2, -0.15) is 0 Å². The van der Waals surface area contributed by atoms with E-state index in [1.807, 2.05) is 0 Å². The Morgan fingerprint density at radius 3 is 2.38 bits per heavy atom. The Bertz CT molecular complexity index is 931. The molecule has 0 amide bonds. The Labute approximate surface area is 178 Å². The minimum absolute atomic E-state index is 0. The Balaban J connectivity index is 0.00000121. The average Bonchev–Trinajstić information content (AvgIpc) is 3.15. The number of fused-ring (bicyclic) bond motifs is 3. The Morgan fingerprint density at radius 2 is 1.73 bits per heavy atom. The molecule has 0 radical (unpaired) electrons. The molecular formula is C23H23Cl2Ti. The van der Waals surface area contributed by atoms with E-state index in [-0.39, 0.29) is 43.5 Å². The summed E-state index contributed by atoms with van der Waals surface area (Å²) >= 11 is -0.161. The smallest absolute Gasteiger partial charge is 1.00 e. The van der Waals surface area contributed by atoms with Crippen LogP contribution in [-0.4, -0.2) is 3.81 Å². The Hall–Kier alpha value is -0.916. The fourth-order valence-corrected chi connectivity index (χ4v) is 6.29. The van der Waals surface area contributed by atoms with Gasteiger partial charge in [0.1, 0.15) is 0 Å². The van der Waals surface area contributed by atoms with Crippen LogP contribution in [0.1, 0.15) is 52.3 Å². The van der Waals surface area contributed by atoms with Gasteiger partial charge < -0.3 is 24.8 Å². The van der Waals surface area contributed by atoms with Crippen LogP contribution < -0.4 is 24.8 Å². The normalized spacial score (nSPS) is 16.0. The fraction of sp³-hybridized carbons (Fsp3) is 0.261. The molecular weight excluding hydrogens is 395 g/mol. The molecule has 0 heterocycles. The van der Waals surface area contributed by atoms with Gasteiger partial charge >= 0.3 is 154 Å². The van der Waals surface area contributed by atoms with Crippen LogP contribution in [0.25, 0.3) is 16.7 Å². The summed E-state index contributed by atoms with van der Waals surface area (Å²) < 4.78 is 2.25. The van der Waals surface area contributed by atoms with Gasteiger partial charge in [-0.3, -0.25) is 0 Å². The van der Waals surface area contributed by atoms with E-state index in [1.165, 1.54) is 33.4 Å². The summed E-state index contributed by atoms with van der Waals surface area (Å²) in [6.07, 6.45) is 7.89. The van der Waals surface area contributed by atoms with E-state index in [9.17, 15) is 0 Å². The average molecular weight is 418 g/mol. The standard InChI is InChI=1S/C20H17.C3H6.2ClH.Ti/c1-13-7-9-17-16(11-13)12-19-18(17)10-8-14(2)20(19)15-5-3-4-6-15;1-3-2;;;/h3-5,7-12H,6H2,1-2H3;1-2H3;2*1H;/q;;;;+2/p-2. The molecule has 1 unspecified atom stereocenters. The fourth-order valence-electron chi connectivity index (χ4n) is 4.08. The Morgan fingerprint density at radius 1 is 1.00 bits per heavy atom. The number of halogens is 2. The van der Waals surface area contributed by atoms with E-state index in [2.05, 4.69) is 76.3 Å². The van der Waals surface area contributed by atoms with Gasteiger partial charge in [0, 0.05) is 0 Å². The molecule has 2 aliphatic rings. The van der Waals surface area contributed by atoms with E-state index in [1.54, 1.807) is 14.9 Å². The molecule has 2 aliphatic carbocycles. The maximum absolute atomic E-state index is 2.44. The molecule has 0 bridgehead atoms. The van der Waals surface area contributed by atoms with E-state index in [4.69, 9.17) is 0 Å². The van der Waals surface area contributed by atoms with Crippen LogP contribution in [0.4, 0.5) is 0 Å². The topological polar surface area (TPSA) is 0 Å². The number of hydrogen-bond donors (Lipinski definition) is 0. The minimum atomic E-state index is -0.161. The zero-order valence-electron chi connectivity index (χ0n) is 15.7. The molecule has 0 saturated heterocycles. The van der Waals surface area contributed by atoms with E-state index in [0.717, 1.165) is 6.42 Å². The van der Waals surface area contributed by atoms with Crippen LogP contribution in [-0.2, 0) is 18.7 Å². The summed E-state index contributed by atoms with van der Waals surface area (Å²) in [4.78, 5) is 0. The first-order valence-corrected chi connectivity index (χ1v) is 10.4. The van der Waals surface area contributed by atoms with Crippen LogP contribution in [0, 0.1) is 13.8 Å². The van der Waals surface area contributed by atoms with Gasteiger partial charge in [-0.1, -0.05) is 0 Å². The zero-order chi connectivity index (χ0) is 16.8. The molecule has 4 rings (SSSR count). The third-order valence-electron chi connectivity index (χ3n) is 5.08. The molecule has 0 nitrogen and oxygen atoms in total. The van der Waals surface area contributed by atoms with Crippen LogP contribution >= 0.6 is 0 Å². The van der Waals surface area contributed by atoms with Crippen LogP contribution in [0.3, 0.4) is 0 Å². The zero-order valence-corrected chi connectivity index (χ0v) is 18.7. The monoisotopic (exact) mass is 417 g/mol. The van der Waals surface area contributed by atoms with Crippen molar-refractivity contribution in [1.82, 2.24) is 0 Å². The number of rotatable bonds is 2. The molecule has 26 heavy (non-hydrogen) atoms. The summed E-state index contributed by atoms with van der Waals surface area (Å²) in [5, 5.41) is 0. The maximum Gasteiger partial charge on any atom is -1.00 e. The van der Waals surface area contributed by atoms with Gasteiger partial charge in [0.2, 0.25) is 0 Å². The van der Waals surface area contributed by atoms with Gasteiger partial charge in [-0.05, 0) is 0 Å². The van der Waals surface area contributed by atoms with Gasteiger partial charge in [0.05, 0.1) is 0 Å². The van der Waals surface area contributed by atoms with Crippen molar-refractivity contribution in [2.75, 3.05) is 0 Å². The third kappa shape index (κ3) is 3.58. The minimum Gasteiger partial charge on any atom is -1.00 e. The molecule has 0 spiro atoms. The summed E-state index contributed by atoms with van der Waals surface area (Å²) in [5.74, 6) is 0. The first-order valence-electron chi connectivity index (χ1n) is 8.73. The molecule has 2 aromatic carbocycles. The first-order chi connectivity index (χ1) is 11.6. The predicted octanol–water partition coefficient (Wildman–Crippen LogP) is 0.0192. The second-order valence-corrected chi connectivity index (χ2v) is 10.1. The van der Waals surface area contributed by atoms with Crippen molar-refractivity contribution < 1.29 is 43.5 Å². The molecule has 133 valence electrons. The van der Waals surface area contributed by atoms with Crippen molar-refractivity contribution in [3.05, 3.63) is 76.4 Å². The van der Waals surface area contributed by atoms with E-state index in [0.29, 0.717) is 4.22 Å². The first kappa shape index (κ1) is 21.4. The quantitative estimate of drug-likeness (QED) is 0.604. The van der Waals surface area contributed by atoms with Crippen molar-refractivity contribution in [2.24, 2.45) is 0 Å². The van der Waals surface area contributed by atoms with Crippen molar-refractivity contribution in [2.45, 2.75) is 38.3 Å². The molecule has 2 aromatic rings. The van der Waals surface area contributed by atoms with Crippen molar-refractivity contribution in [3.8, 4) is 11.1 Å². The molecule has 1 atom stereocenters. The van der Waals surface area contributed by atoms with Gasteiger partial charge in [-0.25, -0.2) is 0 Å². The molecule has 0 aromatic heterocycles. The van der Waals surface area contributed by atoms with E-state index < -0.39 is 0 Å². The number of benzene rings is 2. The van der Waals surface area contributed by atoms with Gasteiger partial charge in [0.15, 0.2) is 0 Å².